The fourth-order valence-electron chi connectivity index (χ4n) is 1.22. The molecule has 0 aliphatic rings. The van der Waals surface area contributed by atoms with Crippen molar-refractivity contribution in [1.82, 2.24) is 0 Å². The molecule has 0 aliphatic carbocycles. The number of benzene rings is 1. The topological polar surface area (TPSA) is 52.6 Å². The van der Waals surface area contributed by atoms with Gasteiger partial charge in [0.1, 0.15) is 6.61 Å². The second kappa shape index (κ2) is 6.12. The van der Waals surface area contributed by atoms with Crippen LogP contribution in [0.2, 0.25) is 0 Å². The van der Waals surface area contributed by atoms with Gasteiger partial charge in [-0.25, -0.2) is 8.42 Å². The van der Waals surface area contributed by atoms with Crippen molar-refractivity contribution in [3.8, 4) is 11.5 Å². The zero-order valence-electron chi connectivity index (χ0n) is 9.77. The van der Waals surface area contributed by atoms with E-state index in [1.807, 2.05) is 6.07 Å². The highest BCUT2D eigenvalue weighted by Gasteiger charge is 2.07. The van der Waals surface area contributed by atoms with E-state index in [9.17, 15) is 8.42 Å². The molecule has 1 rings (SSSR count). The number of methoxy groups -OCH3 is 1. The molecule has 4 nitrogen and oxygen atoms in total. The van der Waals surface area contributed by atoms with Crippen molar-refractivity contribution in [1.29, 1.82) is 0 Å². The van der Waals surface area contributed by atoms with Gasteiger partial charge >= 0.3 is 0 Å². The van der Waals surface area contributed by atoms with Gasteiger partial charge in [0.25, 0.3) is 0 Å². The fraction of sp³-hybridized carbons (Fsp3) is 0.455. The Bertz CT molecular complexity index is 470. The summed E-state index contributed by atoms with van der Waals surface area (Å²) in [5.74, 6) is 1.41. The smallest absolute Gasteiger partial charge is 0.161 e. The molecule has 1 aromatic rings. The Labute approximate surface area is 106 Å². The van der Waals surface area contributed by atoms with Gasteiger partial charge in [-0.15, -0.1) is 11.6 Å². The highest BCUT2D eigenvalue weighted by Crippen LogP contribution is 2.28. The van der Waals surface area contributed by atoms with Crippen LogP contribution >= 0.6 is 11.6 Å². The molecule has 0 saturated heterocycles. The summed E-state index contributed by atoms with van der Waals surface area (Å²) in [6.07, 6.45) is 1.17. The van der Waals surface area contributed by atoms with Crippen LogP contribution in [-0.4, -0.2) is 34.1 Å². The fourth-order valence-corrected chi connectivity index (χ4v) is 1.77. The first-order valence-corrected chi connectivity index (χ1v) is 7.59. The standard InChI is InChI=1S/C11H15ClO4S/c1-15-10-4-3-9(8-12)7-11(10)16-5-6-17(2,13)14/h3-4,7H,5-6,8H2,1-2H3. The average molecular weight is 279 g/mol. The Kier molecular flexibility index (Phi) is 5.08. The maximum atomic E-state index is 11.0. The summed E-state index contributed by atoms with van der Waals surface area (Å²) < 4.78 is 32.4. The average Bonchev–Trinajstić information content (AvgIpc) is 2.27. The molecule has 17 heavy (non-hydrogen) atoms. The minimum Gasteiger partial charge on any atom is -0.493 e. The molecule has 0 aromatic heterocycles. The van der Waals surface area contributed by atoms with Crippen LogP contribution in [0.3, 0.4) is 0 Å². The lowest BCUT2D eigenvalue weighted by Gasteiger charge is -2.11. The highest BCUT2D eigenvalue weighted by atomic mass is 35.5. The normalized spacial score (nSPS) is 11.2. The minimum absolute atomic E-state index is 0.0265. The molecule has 0 atom stereocenters. The molecule has 0 amide bonds. The van der Waals surface area contributed by atoms with Crippen LogP contribution in [0.1, 0.15) is 5.56 Å². The quantitative estimate of drug-likeness (QED) is 0.746. The molecule has 6 heteroatoms. The van der Waals surface area contributed by atoms with E-state index in [-0.39, 0.29) is 12.4 Å². The van der Waals surface area contributed by atoms with Gasteiger partial charge in [-0.2, -0.15) is 0 Å². The molecule has 96 valence electrons. The number of rotatable bonds is 6. The van der Waals surface area contributed by atoms with Crippen LogP contribution < -0.4 is 9.47 Å². The van der Waals surface area contributed by atoms with E-state index < -0.39 is 9.84 Å². The lowest BCUT2D eigenvalue weighted by molar-refractivity contribution is 0.311. The van der Waals surface area contributed by atoms with Crippen LogP contribution in [0.4, 0.5) is 0 Å². The van der Waals surface area contributed by atoms with Crippen molar-refractivity contribution in [3.63, 3.8) is 0 Å². The molecule has 0 radical (unpaired) electrons. The monoisotopic (exact) mass is 278 g/mol. The molecular formula is C11H15ClO4S. The number of alkyl halides is 1. The van der Waals surface area contributed by atoms with E-state index in [1.54, 1.807) is 12.1 Å². The van der Waals surface area contributed by atoms with Crippen LogP contribution in [-0.2, 0) is 15.7 Å². The molecule has 0 saturated carbocycles. The first-order chi connectivity index (χ1) is 7.96. The van der Waals surface area contributed by atoms with Crippen molar-refractivity contribution in [2.24, 2.45) is 0 Å². The summed E-state index contributed by atoms with van der Waals surface area (Å²) in [5.41, 5.74) is 0.891. The molecule has 0 unspecified atom stereocenters. The Morgan fingerprint density at radius 2 is 2.00 bits per heavy atom. The Balaban J connectivity index is 2.74. The zero-order chi connectivity index (χ0) is 12.9. The molecule has 0 heterocycles. The van der Waals surface area contributed by atoms with Crippen molar-refractivity contribution in [2.45, 2.75) is 5.88 Å². The van der Waals surface area contributed by atoms with E-state index in [0.29, 0.717) is 17.4 Å². The van der Waals surface area contributed by atoms with Gasteiger partial charge in [0, 0.05) is 12.1 Å². The lowest BCUT2D eigenvalue weighted by Crippen LogP contribution is -2.12. The molecular weight excluding hydrogens is 264 g/mol. The van der Waals surface area contributed by atoms with E-state index in [0.717, 1.165) is 5.56 Å². The molecule has 0 bridgehead atoms. The summed E-state index contributed by atoms with van der Waals surface area (Å²) >= 11 is 5.71. The number of ether oxygens (including phenoxy) is 2. The van der Waals surface area contributed by atoms with Crippen LogP contribution in [0.15, 0.2) is 18.2 Å². The molecule has 0 fully saturated rings. The van der Waals surface area contributed by atoms with Crippen molar-refractivity contribution in [3.05, 3.63) is 23.8 Å². The first-order valence-electron chi connectivity index (χ1n) is 4.99. The van der Waals surface area contributed by atoms with Gasteiger partial charge < -0.3 is 9.47 Å². The Morgan fingerprint density at radius 3 is 2.53 bits per heavy atom. The van der Waals surface area contributed by atoms with Gasteiger partial charge in [0.15, 0.2) is 21.3 Å². The van der Waals surface area contributed by atoms with Crippen molar-refractivity contribution >= 4 is 21.4 Å². The SMILES string of the molecule is COc1ccc(CCl)cc1OCCS(C)(=O)=O. The Hall–Kier alpha value is -0.940. The number of hydrogen-bond acceptors (Lipinski definition) is 4. The number of halogens is 1. The summed E-state index contributed by atoms with van der Waals surface area (Å²) in [5, 5.41) is 0. The molecule has 0 aliphatic heterocycles. The highest BCUT2D eigenvalue weighted by molar-refractivity contribution is 7.90. The van der Waals surface area contributed by atoms with Crippen molar-refractivity contribution in [2.75, 3.05) is 25.7 Å². The maximum Gasteiger partial charge on any atom is 0.161 e. The zero-order valence-corrected chi connectivity index (χ0v) is 11.3. The minimum atomic E-state index is -3.02. The van der Waals surface area contributed by atoms with E-state index in [4.69, 9.17) is 21.1 Å². The van der Waals surface area contributed by atoms with Crippen LogP contribution in [0.25, 0.3) is 0 Å². The third-order valence-corrected chi connectivity index (χ3v) is 3.31. The molecule has 0 N–H and O–H groups in total. The van der Waals surface area contributed by atoms with Crippen LogP contribution in [0.5, 0.6) is 11.5 Å². The van der Waals surface area contributed by atoms with Crippen LogP contribution in [0, 0.1) is 0 Å². The number of hydrogen-bond donors (Lipinski definition) is 0. The second-order valence-electron chi connectivity index (χ2n) is 3.60. The van der Waals surface area contributed by atoms with Gasteiger partial charge in [0.05, 0.1) is 12.9 Å². The summed E-state index contributed by atoms with van der Waals surface area (Å²) in [6.45, 7) is 0.0981. The van der Waals surface area contributed by atoms with Gasteiger partial charge in [-0.3, -0.25) is 0 Å². The summed E-state index contributed by atoms with van der Waals surface area (Å²) in [6, 6.07) is 5.32. The van der Waals surface area contributed by atoms with E-state index in [2.05, 4.69) is 0 Å². The third-order valence-electron chi connectivity index (χ3n) is 2.09. The van der Waals surface area contributed by atoms with E-state index >= 15 is 0 Å². The van der Waals surface area contributed by atoms with Crippen molar-refractivity contribution < 1.29 is 17.9 Å². The van der Waals surface area contributed by atoms with E-state index in [1.165, 1.54) is 13.4 Å². The molecule has 1 aromatic carbocycles. The third kappa shape index (κ3) is 4.83. The predicted octanol–water partition coefficient (Wildman–Crippen LogP) is 1.86. The maximum absolute atomic E-state index is 11.0. The van der Waals surface area contributed by atoms with Gasteiger partial charge in [-0.05, 0) is 17.7 Å². The molecule has 0 spiro atoms. The van der Waals surface area contributed by atoms with Gasteiger partial charge in [-0.1, -0.05) is 6.07 Å². The second-order valence-corrected chi connectivity index (χ2v) is 6.12. The Morgan fingerprint density at radius 1 is 1.29 bits per heavy atom. The predicted molar refractivity (Wildman–Crippen MR) is 67.8 cm³/mol. The van der Waals surface area contributed by atoms with Gasteiger partial charge in [0.2, 0.25) is 0 Å². The lowest BCUT2D eigenvalue weighted by atomic mass is 10.2. The number of sulfone groups is 1. The first kappa shape index (κ1) is 14.1. The summed E-state index contributed by atoms with van der Waals surface area (Å²) in [7, 11) is -1.49. The summed E-state index contributed by atoms with van der Waals surface area (Å²) in [4.78, 5) is 0. The largest absolute Gasteiger partial charge is 0.493 e.